The van der Waals surface area contributed by atoms with Gasteiger partial charge >= 0.3 is 0 Å². The maximum atomic E-state index is 12.7. The lowest BCUT2D eigenvalue weighted by Crippen LogP contribution is -2.27. The number of benzene rings is 2. The molecular formula is C23H24N4O. The molecule has 2 aromatic carbocycles. The summed E-state index contributed by atoms with van der Waals surface area (Å²) >= 11 is 0. The smallest absolute Gasteiger partial charge is 0.224 e. The van der Waals surface area contributed by atoms with Crippen molar-refractivity contribution in [2.45, 2.75) is 40.3 Å². The van der Waals surface area contributed by atoms with Crippen molar-refractivity contribution in [3.63, 3.8) is 0 Å². The number of carbonyl (C=O) groups is 1. The molecule has 0 spiro atoms. The molecule has 0 aliphatic rings. The number of hydrogen-bond acceptors (Lipinski definition) is 3. The fourth-order valence-corrected chi connectivity index (χ4v) is 3.84. The van der Waals surface area contributed by atoms with E-state index in [-0.39, 0.29) is 5.91 Å². The van der Waals surface area contributed by atoms with Crippen molar-refractivity contribution < 1.29 is 4.79 Å². The third kappa shape index (κ3) is 3.24. The molecule has 4 aromatic rings. The Morgan fingerprint density at radius 1 is 1.00 bits per heavy atom. The number of carbonyl (C=O) groups excluding carboxylic acids is 1. The highest BCUT2D eigenvalue weighted by molar-refractivity contribution is 5.86. The van der Waals surface area contributed by atoms with E-state index in [1.807, 2.05) is 43.3 Å². The fourth-order valence-electron chi connectivity index (χ4n) is 3.84. The molecule has 5 heteroatoms. The molecule has 0 aliphatic heterocycles. The number of imidazole rings is 1. The van der Waals surface area contributed by atoms with Gasteiger partial charge in [0.2, 0.25) is 5.91 Å². The van der Waals surface area contributed by atoms with Crippen LogP contribution in [0.15, 0.2) is 48.5 Å². The van der Waals surface area contributed by atoms with Crippen LogP contribution in [-0.2, 0) is 24.3 Å². The minimum Gasteiger partial charge on any atom is -0.349 e. The summed E-state index contributed by atoms with van der Waals surface area (Å²) in [5.74, 6) is 0.861. The number of para-hydroxylation sites is 3. The van der Waals surface area contributed by atoms with Gasteiger partial charge in [-0.2, -0.15) is 0 Å². The maximum Gasteiger partial charge on any atom is 0.224 e. The molecule has 28 heavy (non-hydrogen) atoms. The van der Waals surface area contributed by atoms with E-state index >= 15 is 0 Å². The summed E-state index contributed by atoms with van der Waals surface area (Å²) in [4.78, 5) is 22.0. The molecule has 0 unspecified atom stereocenters. The molecule has 2 aromatic heterocycles. The average Bonchev–Trinajstić information content (AvgIpc) is 3.07. The number of aryl methyl sites for hydroxylation is 3. The second kappa shape index (κ2) is 7.43. The summed E-state index contributed by atoms with van der Waals surface area (Å²) in [7, 11) is 0. The fraction of sp³-hybridized carbons (Fsp3) is 0.261. The zero-order valence-corrected chi connectivity index (χ0v) is 16.5. The quantitative estimate of drug-likeness (QED) is 0.574. The second-order valence-corrected chi connectivity index (χ2v) is 7.03. The molecule has 0 saturated heterocycles. The van der Waals surface area contributed by atoms with Crippen molar-refractivity contribution in [3.8, 4) is 0 Å². The van der Waals surface area contributed by atoms with E-state index in [0.29, 0.717) is 13.0 Å². The summed E-state index contributed by atoms with van der Waals surface area (Å²) in [5.41, 5.74) is 6.06. The predicted octanol–water partition coefficient (Wildman–Crippen LogP) is 4.08. The largest absolute Gasteiger partial charge is 0.349 e. The minimum absolute atomic E-state index is 0.0157. The Morgan fingerprint density at radius 2 is 1.71 bits per heavy atom. The molecule has 0 bridgehead atoms. The highest BCUT2D eigenvalue weighted by Crippen LogP contribution is 2.23. The Labute approximate surface area is 164 Å². The molecular weight excluding hydrogens is 348 g/mol. The number of aromatic nitrogens is 3. The molecule has 2 heterocycles. The Morgan fingerprint density at radius 3 is 2.50 bits per heavy atom. The monoisotopic (exact) mass is 372 g/mol. The third-order valence-electron chi connectivity index (χ3n) is 5.32. The van der Waals surface area contributed by atoms with Gasteiger partial charge in [-0.25, -0.2) is 4.98 Å². The van der Waals surface area contributed by atoms with E-state index in [1.54, 1.807) is 0 Å². The van der Waals surface area contributed by atoms with Crippen LogP contribution in [0.3, 0.4) is 0 Å². The van der Waals surface area contributed by atoms with Crippen molar-refractivity contribution in [3.05, 3.63) is 71.2 Å². The van der Waals surface area contributed by atoms with Crippen LogP contribution in [-0.4, -0.2) is 20.4 Å². The molecule has 1 amide bonds. The average molecular weight is 372 g/mol. The van der Waals surface area contributed by atoms with Crippen molar-refractivity contribution in [2.24, 2.45) is 0 Å². The number of pyridine rings is 1. The SMILES string of the molecule is CCn1c(CNC(=O)Cc2c(C)nc3ccccc3c2C)nc2ccccc21. The summed E-state index contributed by atoms with van der Waals surface area (Å²) in [6.45, 7) is 7.36. The predicted molar refractivity (Wildman–Crippen MR) is 112 cm³/mol. The third-order valence-corrected chi connectivity index (χ3v) is 5.32. The van der Waals surface area contributed by atoms with Crippen molar-refractivity contribution >= 4 is 27.8 Å². The molecule has 0 radical (unpaired) electrons. The number of nitrogens with zero attached hydrogens (tertiary/aromatic N) is 3. The molecule has 0 atom stereocenters. The van der Waals surface area contributed by atoms with Crippen molar-refractivity contribution in [1.82, 2.24) is 19.9 Å². The van der Waals surface area contributed by atoms with Crippen LogP contribution in [0.1, 0.15) is 29.6 Å². The second-order valence-electron chi connectivity index (χ2n) is 7.03. The van der Waals surface area contributed by atoms with E-state index in [4.69, 9.17) is 0 Å². The van der Waals surface area contributed by atoms with Gasteiger partial charge in [-0.1, -0.05) is 30.3 Å². The van der Waals surface area contributed by atoms with E-state index in [9.17, 15) is 4.79 Å². The number of fused-ring (bicyclic) bond motifs is 2. The topological polar surface area (TPSA) is 59.8 Å². The van der Waals surface area contributed by atoms with Gasteiger partial charge in [-0.3, -0.25) is 9.78 Å². The van der Waals surface area contributed by atoms with Crippen molar-refractivity contribution in [1.29, 1.82) is 0 Å². The summed E-state index contributed by atoms with van der Waals surface area (Å²) in [6, 6.07) is 16.1. The molecule has 0 saturated carbocycles. The van der Waals surface area contributed by atoms with Gasteiger partial charge in [-0.15, -0.1) is 0 Å². The number of rotatable bonds is 5. The van der Waals surface area contributed by atoms with E-state index in [1.165, 1.54) is 0 Å². The maximum absolute atomic E-state index is 12.7. The first-order valence-corrected chi connectivity index (χ1v) is 9.64. The van der Waals surface area contributed by atoms with E-state index in [0.717, 1.165) is 51.1 Å². The van der Waals surface area contributed by atoms with E-state index in [2.05, 4.69) is 45.8 Å². The van der Waals surface area contributed by atoms with E-state index < -0.39 is 0 Å². The standard InChI is InChI=1S/C23H24N4O/c1-4-27-21-12-8-7-11-20(21)26-22(27)14-24-23(28)13-18-15(2)17-9-5-6-10-19(17)25-16(18)3/h5-12H,4,13-14H2,1-3H3,(H,24,28). The highest BCUT2D eigenvalue weighted by Gasteiger charge is 2.14. The lowest BCUT2D eigenvalue weighted by molar-refractivity contribution is -0.120. The van der Waals surface area contributed by atoms with Gasteiger partial charge in [-0.05, 0) is 50.1 Å². The Bertz CT molecular complexity index is 1180. The first kappa shape index (κ1) is 18.2. The van der Waals surface area contributed by atoms with Crippen molar-refractivity contribution in [2.75, 3.05) is 0 Å². The minimum atomic E-state index is -0.0157. The van der Waals surface area contributed by atoms with Gasteiger partial charge in [0.25, 0.3) is 0 Å². The molecule has 4 rings (SSSR count). The lowest BCUT2D eigenvalue weighted by atomic mass is 9.99. The van der Waals surface area contributed by atoms with Crippen LogP contribution in [0.4, 0.5) is 0 Å². The van der Waals surface area contributed by atoms with Gasteiger partial charge in [0.1, 0.15) is 5.82 Å². The molecule has 5 nitrogen and oxygen atoms in total. The van der Waals surface area contributed by atoms with Crippen LogP contribution in [0.2, 0.25) is 0 Å². The zero-order valence-electron chi connectivity index (χ0n) is 16.5. The summed E-state index contributed by atoms with van der Waals surface area (Å²) in [6.07, 6.45) is 0.321. The number of amides is 1. The number of hydrogen-bond donors (Lipinski definition) is 1. The normalized spacial score (nSPS) is 11.2. The lowest BCUT2D eigenvalue weighted by Gasteiger charge is -2.13. The van der Waals surface area contributed by atoms with Gasteiger partial charge in [0.15, 0.2) is 0 Å². The van der Waals surface area contributed by atoms with Crippen LogP contribution in [0.25, 0.3) is 21.9 Å². The van der Waals surface area contributed by atoms with Crippen LogP contribution < -0.4 is 5.32 Å². The van der Waals surface area contributed by atoms with Gasteiger partial charge in [0.05, 0.1) is 29.5 Å². The molecule has 1 N–H and O–H groups in total. The summed E-state index contributed by atoms with van der Waals surface area (Å²) < 4.78 is 2.14. The van der Waals surface area contributed by atoms with Crippen LogP contribution in [0, 0.1) is 13.8 Å². The van der Waals surface area contributed by atoms with Crippen LogP contribution >= 0.6 is 0 Å². The first-order valence-electron chi connectivity index (χ1n) is 9.64. The molecule has 142 valence electrons. The molecule has 0 aliphatic carbocycles. The highest BCUT2D eigenvalue weighted by atomic mass is 16.1. The number of nitrogens with one attached hydrogen (secondary N) is 1. The zero-order chi connectivity index (χ0) is 19.7. The van der Waals surface area contributed by atoms with Gasteiger partial charge in [0, 0.05) is 17.6 Å². The first-order chi connectivity index (χ1) is 13.6. The van der Waals surface area contributed by atoms with Gasteiger partial charge < -0.3 is 9.88 Å². The van der Waals surface area contributed by atoms with Crippen LogP contribution in [0.5, 0.6) is 0 Å². The Kier molecular flexibility index (Phi) is 4.82. The Balaban J connectivity index is 1.54. The molecule has 0 fully saturated rings. The summed E-state index contributed by atoms with van der Waals surface area (Å²) in [5, 5.41) is 4.14. The Hall–Kier alpha value is -3.21.